The Morgan fingerprint density at radius 2 is 0.849 bits per heavy atom. The Kier molecular flexibility index (Phi) is 24.2. The molecule has 1 heterocycles. The average molecular weight is 1180 g/mol. The number of hydrogen-bond acceptors (Lipinski definition) is 12. The lowest BCUT2D eigenvalue weighted by molar-refractivity contribution is -0.225. The molecule has 14 heteroatoms. The van der Waals surface area contributed by atoms with Crippen molar-refractivity contribution in [2.24, 2.45) is 0 Å². The van der Waals surface area contributed by atoms with Gasteiger partial charge < -0.3 is 47.4 Å². The van der Waals surface area contributed by atoms with Crippen molar-refractivity contribution in [3.8, 4) is 11.5 Å². The Bertz CT molecular complexity index is 3130. The molecule has 1 fully saturated rings. The van der Waals surface area contributed by atoms with E-state index in [0.717, 1.165) is 44.5 Å². The molecule has 1 aliphatic rings. The summed E-state index contributed by atoms with van der Waals surface area (Å²) < 4.78 is 91.4. The molecule has 5 unspecified atom stereocenters. The van der Waals surface area contributed by atoms with Crippen LogP contribution in [0.4, 0.5) is 0 Å². The molecule has 8 aromatic carbocycles. The van der Waals surface area contributed by atoms with Gasteiger partial charge in [-0.15, -0.1) is 4.52 Å². The lowest BCUT2D eigenvalue weighted by Crippen LogP contribution is -2.49. The summed E-state index contributed by atoms with van der Waals surface area (Å²) in [5.41, 5.74) is 6.11. The molecule has 1 aliphatic heterocycles. The smallest absolute Gasteiger partial charge is 0.497 e. The van der Waals surface area contributed by atoms with Crippen LogP contribution in [0.2, 0.25) is 0 Å². The maximum absolute atomic E-state index is 14.6. The molecule has 0 amide bonds. The summed E-state index contributed by atoms with van der Waals surface area (Å²) in [6.07, 6.45) is -6.22. The predicted molar refractivity (Wildman–Crippen MR) is 334 cm³/mol. The molecule has 0 N–H and O–H groups in total. The summed E-state index contributed by atoms with van der Waals surface area (Å²) in [5.74, 6) is 1.40. The van der Waals surface area contributed by atoms with E-state index in [1.807, 2.05) is 251 Å². The number of rotatable bonds is 34. The molecule has 13 nitrogen and oxygen atoms in total. The van der Waals surface area contributed by atoms with E-state index in [1.165, 1.54) is 0 Å². The van der Waals surface area contributed by atoms with Crippen LogP contribution in [-0.4, -0.2) is 93.7 Å². The van der Waals surface area contributed by atoms with E-state index in [4.69, 9.17) is 51.9 Å². The average Bonchev–Trinajstić information content (AvgIpc) is 1.49. The van der Waals surface area contributed by atoms with E-state index in [2.05, 4.69) is 12.1 Å². The van der Waals surface area contributed by atoms with Crippen molar-refractivity contribution in [2.75, 3.05) is 34.0 Å². The van der Waals surface area contributed by atoms with Gasteiger partial charge in [-0.1, -0.05) is 211 Å². The minimum Gasteiger partial charge on any atom is -0.497 e. The number of hydrogen-bond donors (Lipinski definition) is 0. The minimum absolute atomic E-state index is 0.0147. The fraction of sp³-hybridized carbons (Fsp3) is 0.333. The van der Waals surface area contributed by atoms with Crippen molar-refractivity contribution in [3.05, 3.63) is 275 Å². The summed E-state index contributed by atoms with van der Waals surface area (Å²) in [6.45, 7) is 9.11. The maximum atomic E-state index is 14.6. The van der Waals surface area contributed by atoms with Crippen molar-refractivity contribution >= 4 is 8.18 Å². The highest BCUT2D eigenvalue weighted by atomic mass is 31.1. The number of nitrogens with zero attached hydrogens (tertiary/aromatic N) is 1. The lowest BCUT2D eigenvalue weighted by atomic mass is 9.80. The molecule has 0 bridgehead atoms. The SMILES string of the molecule is COc1ccc(C(OCC(OCc2ccccc2)C(OCc2ccccc2)C(CO[C@@H]2O[C@H](COCc3ccccc3)[C@H](O[P+](=O)N(C(C)C)C(C)C)C2OCc2ccccc2)OCc2ccccc2)(c2ccccc2)c2ccc(OC)cc2)cc1. The summed E-state index contributed by atoms with van der Waals surface area (Å²) in [6, 6.07) is 75.8. The van der Waals surface area contributed by atoms with Crippen molar-refractivity contribution in [1.82, 2.24) is 4.67 Å². The van der Waals surface area contributed by atoms with Gasteiger partial charge in [0.15, 0.2) is 12.4 Å². The second-order valence-electron chi connectivity index (χ2n) is 21.8. The Hall–Kier alpha value is -6.94. The van der Waals surface area contributed by atoms with Crippen molar-refractivity contribution in [3.63, 3.8) is 0 Å². The highest BCUT2D eigenvalue weighted by Gasteiger charge is 2.54. The molecule has 9 rings (SSSR count). The van der Waals surface area contributed by atoms with Crippen LogP contribution in [0.25, 0.3) is 0 Å². The van der Waals surface area contributed by atoms with Gasteiger partial charge in [-0.25, -0.2) is 0 Å². The Balaban J connectivity index is 1.13. The molecule has 0 spiro atoms. The number of ether oxygens (including phenoxy) is 10. The minimum atomic E-state index is -2.40. The summed E-state index contributed by atoms with van der Waals surface area (Å²) >= 11 is 0. The van der Waals surface area contributed by atoms with Crippen molar-refractivity contribution in [1.29, 1.82) is 0 Å². The first-order chi connectivity index (χ1) is 42.1. The molecule has 0 aromatic heterocycles. The zero-order chi connectivity index (χ0) is 59.9. The summed E-state index contributed by atoms with van der Waals surface area (Å²) in [7, 11) is 0.914. The Morgan fingerprint density at radius 1 is 0.453 bits per heavy atom. The van der Waals surface area contributed by atoms with Crippen LogP contribution in [0.5, 0.6) is 11.5 Å². The van der Waals surface area contributed by atoms with E-state index in [0.29, 0.717) is 18.1 Å². The third-order valence-corrected chi connectivity index (χ3v) is 16.8. The largest absolute Gasteiger partial charge is 0.616 e. The molecule has 0 saturated carbocycles. The molecule has 0 aliphatic carbocycles. The van der Waals surface area contributed by atoms with E-state index >= 15 is 0 Å². The maximum Gasteiger partial charge on any atom is 0.616 e. The fourth-order valence-electron chi connectivity index (χ4n) is 10.8. The zero-order valence-corrected chi connectivity index (χ0v) is 51.0. The molecular formula is C72H81NO12P+. The van der Waals surface area contributed by atoms with Gasteiger partial charge in [0, 0.05) is 0 Å². The van der Waals surface area contributed by atoms with Crippen LogP contribution in [0.1, 0.15) is 72.2 Å². The van der Waals surface area contributed by atoms with Crippen LogP contribution in [0, 0.1) is 0 Å². The van der Waals surface area contributed by atoms with Crippen molar-refractivity contribution < 1.29 is 56.5 Å². The summed E-state index contributed by atoms with van der Waals surface area (Å²) in [5, 5.41) is 0. The van der Waals surface area contributed by atoms with Crippen molar-refractivity contribution in [2.45, 2.75) is 121 Å². The first kappa shape index (κ1) is 63.6. The normalized spacial score (nSPS) is 17.4. The third-order valence-electron chi connectivity index (χ3n) is 15.1. The van der Waals surface area contributed by atoms with Gasteiger partial charge in [-0.05, 0) is 101 Å². The molecular weight excluding hydrogens is 1100 g/mol. The van der Waals surface area contributed by atoms with E-state index in [-0.39, 0.29) is 58.3 Å². The highest BCUT2D eigenvalue weighted by molar-refractivity contribution is 7.36. The zero-order valence-electron chi connectivity index (χ0n) is 50.1. The fourth-order valence-corrected chi connectivity index (χ4v) is 12.1. The van der Waals surface area contributed by atoms with Crippen LogP contribution < -0.4 is 9.47 Å². The molecule has 1 saturated heterocycles. The van der Waals surface area contributed by atoms with Gasteiger partial charge in [0.05, 0.1) is 79.2 Å². The third kappa shape index (κ3) is 17.4. The quantitative estimate of drug-likeness (QED) is 0.0281. The first-order valence-corrected chi connectivity index (χ1v) is 30.7. The van der Waals surface area contributed by atoms with E-state index in [9.17, 15) is 4.57 Å². The molecule has 86 heavy (non-hydrogen) atoms. The topological polar surface area (TPSA) is 122 Å². The summed E-state index contributed by atoms with van der Waals surface area (Å²) in [4.78, 5) is 0. The Labute approximate surface area is 508 Å². The van der Waals surface area contributed by atoms with Gasteiger partial charge in [-0.2, -0.15) is 0 Å². The van der Waals surface area contributed by atoms with Gasteiger partial charge in [0.1, 0.15) is 47.6 Å². The lowest BCUT2D eigenvalue weighted by Gasteiger charge is -2.39. The van der Waals surface area contributed by atoms with Crippen LogP contribution >= 0.6 is 8.18 Å². The first-order valence-electron chi connectivity index (χ1n) is 29.5. The molecule has 0 radical (unpaired) electrons. The Morgan fingerprint density at radius 3 is 1.29 bits per heavy atom. The molecule has 450 valence electrons. The van der Waals surface area contributed by atoms with E-state index in [1.54, 1.807) is 14.2 Å². The van der Waals surface area contributed by atoms with Crippen LogP contribution in [-0.2, 0) is 85.6 Å². The van der Waals surface area contributed by atoms with Gasteiger partial charge >= 0.3 is 8.18 Å². The second-order valence-corrected chi connectivity index (χ2v) is 22.9. The van der Waals surface area contributed by atoms with Gasteiger partial charge in [-0.3, -0.25) is 0 Å². The monoisotopic (exact) mass is 1180 g/mol. The van der Waals surface area contributed by atoms with Gasteiger partial charge in [0.2, 0.25) is 0 Å². The number of benzene rings is 8. The second kappa shape index (κ2) is 32.7. The van der Waals surface area contributed by atoms with E-state index < -0.39 is 56.7 Å². The van der Waals surface area contributed by atoms with Crippen LogP contribution in [0.15, 0.2) is 231 Å². The molecule has 8 atom stereocenters. The predicted octanol–water partition coefficient (Wildman–Crippen LogP) is 14.5. The highest BCUT2D eigenvalue weighted by Crippen LogP contribution is 2.44. The van der Waals surface area contributed by atoms with Crippen LogP contribution in [0.3, 0.4) is 0 Å². The number of methoxy groups -OCH3 is 2. The van der Waals surface area contributed by atoms with Gasteiger partial charge in [0.25, 0.3) is 0 Å². The molecule has 8 aromatic rings. The standard InChI is InChI=1S/C72H81NO12P/c1-53(2)73(54(3)4)86(74)85-69-67(50-77-45-55-25-13-7-14-26-55)84-71(70(69)81-49-59-33-21-11-22-34-59)82-51-65(78-46-56-27-15-8-16-28-56)68(80-48-58-31-19-10-20-32-58)66(79-47-57-29-17-9-18-30-57)52-83-72(60-35-23-12-24-36-60,61-37-41-63(75-5)42-38-61)62-39-43-64(76-6)44-40-62/h7-44,53-54,65-71H,45-52H2,1-6H3/q+1/t65?,66?,67-,68?,69+,70?,71-/m1/s1.